The monoisotopic (exact) mass is 203 g/mol. The second kappa shape index (κ2) is 4.18. The van der Waals surface area contributed by atoms with Crippen molar-refractivity contribution in [3.8, 4) is 5.69 Å². The molecule has 1 N–H and O–H groups in total. The molecule has 0 unspecified atom stereocenters. The van der Waals surface area contributed by atoms with Crippen LogP contribution in [0.25, 0.3) is 5.69 Å². The summed E-state index contributed by atoms with van der Waals surface area (Å²) in [5.41, 5.74) is 1.93. The third-order valence-electron chi connectivity index (χ3n) is 2.09. The van der Waals surface area contributed by atoms with Crippen LogP contribution < -0.4 is 5.32 Å². The Morgan fingerprint density at radius 2 is 2.20 bits per heavy atom. The van der Waals surface area contributed by atoms with E-state index < -0.39 is 0 Å². The highest BCUT2D eigenvalue weighted by Gasteiger charge is 2.04. The molecule has 0 fully saturated rings. The summed E-state index contributed by atoms with van der Waals surface area (Å²) in [6.45, 7) is 2.65. The first-order valence-electron chi connectivity index (χ1n) is 4.78. The van der Waals surface area contributed by atoms with Gasteiger partial charge in [0, 0.05) is 5.69 Å². The van der Waals surface area contributed by atoms with E-state index in [0.717, 1.165) is 17.2 Å². The molecule has 0 bridgehead atoms. The zero-order valence-electron chi connectivity index (χ0n) is 8.81. The maximum atomic E-state index is 4.23. The number of pyridine rings is 1. The fourth-order valence-corrected chi connectivity index (χ4v) is 1.35. The lowest BCUT2D eigenvalue weighted by Gasteiger charge is -2.04. The van der Waals surface area contributed by atoms with Gasteiger partial charge in [-0.15, -0.1) is 0 Å². The van der Waals surface area contributed by atoms with Crippen molar-refractivity contribution in [2.24, 2.45) is 0 Å². The summed E-state index contributed by atoms with van der Waals surface area (Å²) in [4.78, 5) is 8.39. The van der Waals surface area contributed by atoms with Gasteiger partial charge in [0.2, 0.25) is 0 Å². The Bertz CT molecular complexity index is 431. The maximum Gasteiger partial charge on any atom is 0.146 e. The van der Waals surface area contributed by atoms with Gasteiger partial charge in [-0.1, -0.05) is 0 Å². The molecule has 78 valence electrons. The van der Waals surface area contributed by atoms with E-state index in [0.29, 0.717) is 6.54 Å². The van der Waals surface area contributed by atoms with Gasteiger partial charge in [0.25, 0.3) is 0 Å². The van der Waals surface area contributed by atoms with Crippen LogP contribution in [0, 0.1) is 6.92 Å². The first kappa shape index (κ1) is 9.79. The molecule has 2 heterocycles. The van der Waals surface area contributed by atoms with Crippen LogP contribution in [-0.2, 0) is 6.54 Å². The molecule has 15 heavy (non-hydrogen) atoms. The van der Waals surface area contributed by atoms with E-state index >= 15 is 0 Å². The molecule has 0 saturated carbocycles. The van der Waals surface area contributed by atoms with E-state index in [4.69, 9.17) is 0 Å². The summed E-state index contributed by atoms with van der Waals surface area (Å²) in [5.74, 6) is 0.878. The van der Waals surface area contributed by atoms with E-state index in [1.165, 1.54) is 0 Å². The Hall–Kier alpha value is -1.75. The van der Waals surface area contributed by atoms with Crippen LogP contribution in [0.4, 0.5) is 0 Å². The summed E-state index contributed by atoms with van der Waals surface area (Å²) in [6, 6.07) is 3.94. The SMILES string of the molecule is CNCc1ncnn1-c1ccc(C)nc1. The lowest BCUT2D eigenvalue weighted by atomic mass is 10.3. The number of nitrogens with zero attached hydrogens (tertiary/aromatic N) is 4. The molecule has 5 heteroatoms. The summed E-state index contributed by atoms with van der Waals surface area (Å²) in [6.07, 6.45) is 3.34. The lowest BCUT2D eigenvalue weighted by Crippen LogP contribution is -2.12. The molecule has 0 aliphatic rings. The van der Waals surface area contributed by atoms with Gasteiger partial charge >= 0.3 is 0 Å². The molecule has 0 atom stereocenters. The van der Waals surface area contributed by atoms with E-state index in [1.807, 2.05) is 26.1 Å². The molecular weight excluding hydrogens is 190 g/mol. The number of rotatable bonds is 3. The van der Waals surface area contributed by atoms with Crippen LogP contribution in [0.15, 0.2) is 24.7 Å². The molecule has 0 amide bonds. The summed E-state index contributed by atoms with van der Waals surface area (Å²) < 4.78 is 1.78. The van der Waals surface area contributed by atoms with Gasteiger partial charge in [0.05, 0.1) is 18.4 Å². The van der Waals surface area contributed by atoms with Crippen LogP contribution in [0.1, 0.15) is 11.5 Å². The fourth-order valence-electron chi connectivity index (χ4n) is 1.35. The number of aryl methyl sites for hydroxylation is 1. The van der Waals surface area contributed by atoms with Crippen molar-refractivity contribution in [3.05, 3.63) is 36.2 Å². The minimum absolute atomic E-state index is 0.688. The predicted molar refractivity (Wildman–Crippen MR) is 56.7 cm³/mol. The first-order valence-corrected chi connectivity index (χ1v) is 4.78. The summed E-state index contributed by atoms with van der Waals surface area (Å²) in [7, 11) is 1.88. The molecule has 5 nitrogen and oxygen atoms in total. The van der Waals surface area contributed by atoms with Crippen molar-refractivity contribution in [1.29, 1.82) is 0 Å². The molecule has 0 aromatic carbocycles. The van der Waals surface area contributed by atoms with Gasteiger partial charge in [-0.25, -0.2) is 9.67 Å². The second-order valence-electron chi connectivity index (χ2n) is 3.28. The Kier molecular flexibility index (Phi) is 2.73. The van der Waals surface area contributed by atoms with Crippen LogP contribution in [0.2, 0.25) is 0 Å². The van der Waals surface area contributed by atoms with Crippen LogP contribution in [0.3, 0.4) is 0 Å². The van der Waals surface area contributed by atoms with Crippen molar-refractivity contribution in [2.45, 2.75) is 13.5 Å². The van der Waals surface area contributed by atoms with Crippen molar-refractivity contribution >= 4 is 0 Å². The van der Waals surface area contributed by atoms with Gasteiger partial charge in [-0.2, -0.15) is 5.10 Å². The summed E-state index contributed by atoms with van der Waals surface area (Å²) in [5, 5.41) is 7.21. The number of hydrogen-bond donors (Lipinski definition) is 1. The second-order valence-corrected chi connectivity index (χ2v) is 3.28. The van der Waals surface area contributed by atoms with Crippen LogP contribution in [-0.4, -0.2) is 26.8 Å². The topological polar surface area (TPSA) is 55.6 Å². The Balaban J connectivity index is 2.36. The van der Waals surface area contributed by atoms with Gasteiger partial charge in [0.1, 0.15) is 12.2 Å². The van der Waals surface area contributed by atoms with Crippen LogP contribution in [0.5, 0.6) is 0 Å². The smallest absolute Gasteiger partial charge is 0.146 e. The third-order valence-corrected chi connectivity index (χ3v) is 2.09. The molecule has 2 aromatic heterocycles. The van der Waals surface area contributed by atoms with Crippen molar-refractivity contribution < 1.29 is 0 Å². The molecule has 0 aliphatic carbocycles. The third kappa shape index (κ3) is 2.02. The predicted octanol–water partition coefficient (Wildman–Crippen LogP) is 0.690. The number of hydrogen-bond acceptors (Lipinski definition) is 4. The Morgan fingerprint density at radius 3 is 2.87 bits per heavy atom. The van der Waals surface area contributed by atoms with E-state index in [2.05, 4.69) is 20.4 Å². The number of nitrogens with one attached hydrogen (secondary N) is 1. The minimum Gasteiger partial charge on any atom is -0.313 e. The van der Waals surface area contributed by atoms with E-state index in [1.54, 1.807) is 17.2 Å². The lowest BCUT2D eigenvalue weighted by molar-refractivity contribution is 0.710. The minimum atomic E-state index is 0.688. The first-order chi connectivity index (χ1) is 7.31. The van der Waals surface area contributed by atoms with E-state index in [9.17, 15) is 0 Å². The zero-order chi connectivity index (χ0) is 10.7. The number of aromatic nitrogens is 4. The normalized spacial score (nSPS) is 10.5. The zero-order valence-corrected chi connectivity index (χ0v) is 8.81. The van der Waals surface area contributed by atoms with Crippen LogP contribution >= 0.6 is 0 Å². The standard InChI is InChI=1S/C10H13N5/c1-8-3-4-9(5-12-8)15-10(6-11-2)13-7-14-15/h3-5,7,11H,6H2,1-2H3. The highest BCUT2D eigenvalue weighted by molar-refractivity contribution is 5.28. The molecular formula is C10H13N5. The largest absolute Gasteiger partial charge is 0.313 e. The average Bonchev–Trinajstić information content (AvgIpc) is 2.68. The van der Waals surface area contributed by atoms with E-state index in [-0.39, 0.29) is 0 Å². The maximum absolute atomic E-state index is 4.23. The van der Waals surface area contributed by atoms with Crippen molar-refractivity contribution in [2.75, 3.05) is 7.05 Å². The fraction of sp³-hybridized carbons (Fsp3) is 0.300. The van der Waals surface area contributed by atoms with Crippen molar-refractivity contribution in [3.63, 3.8) is 0 Å². The molecule has 0 aliphatic heterocycles. The Morgan fingerprint density at radius 1 is 1.33 bits per heavy atom. The molecule has 2 aromatic rings. The average molecular weight is 203 g/mol. The van der Waals surface area contributed by atoms with Gasteiger partial charge in [0.15, 0.2) is 0 Å². The molecule has 0 saturated heterocycles. The van der Waals surface area contributed by atoms with Gasteiger partial charge in [-0.05, 0) is 26.1 Å². The Labute approximate surface area is 88.2 Å². The highest BCUT2D eigenvalue weighted by atomic mass is 15.3. The van der Waals surface area contributed by atoms with Gasteiger partial charge in [-0.3, -0.25) is 4.98 Å². The quantitative estimate of drug-likeness (QED) is 0.797. The molecule has 0 spiro atoms. The summed E-state index contributed by atoms with van der Waals surface area (Å²) >= 11 is 0. The van der Waals surface area contributed by atoms with Gasteiger partial charge < -0.3 is 5.32 Å². The van der Waals surface area contributed by atoms with Crippen molar-refractivity contribution in [1.82, 2.24) is 25.1 Å². The molecule has 0 radical (unpaired) electrons. The highest BCUT2D eigenvalue weighted by Crippen LogP contribution is 2.07. The molecule has 2 rings (SSSR count).